The van der Waals surface area contributed by atoms with E-state index in [9.17, 15) is 0 Å². The Balaban J connectivity index is 1.19. The van der Waals surface area contributed by atoms with Gasteiger partial charge >= 0.3 is 0 Å². The SMILES string of the molecule is c1ccc(-c2ccc3cc(-c4c5ccccc5c(-c5c6sc7ccccc7c6cc6c5sc5cc7ccccc7cc56)c5ccccc45)ccc3c2)cc1. The summed E-state index contributed by atoms with van der Waals surface area (Å²) < 4.78 is 5.40. The molecule has 0 aliphatic heterocycles. The van der Waals surface area contributed by atoms with E-state index in [4.69, 9.17) is 0 Å². The lowest BCUT2D eigenvalue weighted by Gasteiger charge is -2.19. The minimum Gasteiger partial charge on any atom is -0.134 e. The Bertz CT molecular complexity index is 3430. The largest absolute Gasteiger partial charge is 0.134 e. The third-order valence-electron chi connectivity index (χ3n) is 11.4. The Morgan fingerprint density at radius 3 is 1.44 bits per heavy atom. The highest BCUT2D eigenvalue weighted by atomic mass is 32.1. The van der Waals surface area contributed by atoms with Crippen LogP contribution in [0.1, 0.15) is 0 Å². The van der Waals surface area contributed by atoms with Gasteiger partial charge in [-0.25, -0.2) is 0 Å². The van der Waals surface area contributed by atoms with E-state index in [2.05, 4.69) is 182 Å². The van der Waals surface area contributed by atoms with Crippen LogP contribution in [0.15, 0.2) is 182 Å². The second-order valence-electron chi connectivity index (χ2n) is 14.4. The monoisotopic (exact) mass is 718 g/mol. The van der Waals surface area contributed by atoms with Gasteiger partial charge in [0, 0.05) is 51.5 Å². The first kappa shape index (κ1) is 30.2. The molecule has 0 N–H and O–H groups in total. The van der Waals surface area contributed by atoms with Crippen LogP contribution in [0.4, 0.5) is 0 Å². The molecule has 0 fully saturated rings. The molecule has 12 rings (SSSR count). The van der Waals surface area contributed by atoms with Crippen LogP contribution >= 0.6 is 22.7 Å². The fourth-order valence-corrected chi connectivity index (χ4v) is 11.5. The number of benzene rings is 10. The summed E-state index contributed by atoms with van der Waals surface area (Å²) in [5.41, 5.74) is 7.71. The maximum Gasteiger partial charge on any atom is 0.0448 e. The smallest absolute Gasteiger partial charge is 0.0448 e. The molecule has 0 saturated heterocycles. The van der Waals surface area contributed by atoms with Crippen molar-refractivity contribution in [3.05, 3.63) is 182 Å². The number of fused-ring (bicyclic) bond motifs is 10. The average molecular weight is 719 g/mol. The van der Waals surface area contributed by atoms with E-state index in [-0.39, 0.29) is 0 Å². The summed E-state index contributed by atoms with van der Waals surface area (Å²) in [6, 6.07) is 67.8. The lowest BCUT2D eigenvalue weighted by atomic mass is 9.85. The number of hydrogen-bond acceptors (Lipinski definition) is 2. The van der Waals surface area contributed by atoms with Gasteiger partial charge in [0.15, 0.2) is 0 Å². The van der Waals surface area contributed by atoms with Crippen LogP contribution in [0.2, 0.25) is 0 Å². The molecule has 0 unspecified atom stereocenters. The van der Waals surface area contributed by atoms with Crippen molar-refractivity contribution < 1.29 is 0 Å². The third kappa shape index (κ3) is 4.42. The van der Waals surface area contributed by atoms with Gasteiger partial charge < -0.3 is 0 Å². The van der Waals surface area contributed by atoms with Crippen molar-refractivity contribution in [1.29, 1.82) is 0 Å². The van der Waals surface area contributed by atoms with Crippen LogP contribution in [0.5, 0.6) is 0 Å². The molecule has 10 aromatic carbocycles. The van der Waals surface area contributed by atoms with E-state index in [0.29, 0.717) is 0 Å². The summed E-state index contributed by atoms with van der Waals surface area (Å²) in [4.78, 5) is 0. The topological polar surface area (TPSA) is 0 Å². The second kappa shape index (κ2) is 11.6. The highest BCUT2D eigenvalue weighted by Crippen LogP contribution is 2.53. The predicted molar refractivity (Wildman–Crippen MR) is 239 cm³/mol. The van der Waals surface area contributed by atoms with Crippen LogP contribution in [-0.4, -0.2) is 0 Å². The van der Waals surface area contributed by atoms with Crippen molar-refractivity contribution in [2.45, 2.75) is 0 Å². The molecular weight excluding hydrogens is 689 g/mol. The zero-order valence-electron chi connectivity index (χ0n) is 29.1. The van der Waals surface area contributed by atoms with Gasteiger partial charge in [-0.3, -0.25) is 0 Å². The molecule has 54 heavy (non-hydrogen) atoms. The Morgan fingerprint density at radius 1 is 0.241 bits per heavy atom. The third-order valence-corrected chi connectivity index (χ3v) is 13.8. The average Bonchev–Trinajstić information content (AvgIpc) is 3.78. The quantitative estimate of drug-likeness (QED) is 0.160. The van der Waals surface area contributed by atoms with E-state index in [1.807, 2.05) is 22.7 Å². The Labute approximate surface area is 319 Å². The van der Waals surface area contributed by atoms with E-state index in [0.717, 1.165) is 0 Å². The van der Waals surface area contributed by atoms with Crippen molar-refractivity contribution in [1.82, 2.24) is 0 Å². The molecule has 0 nitrogen and oxygen atoms in total. The summed E-state index contributed by atoms with van der Waals surface area (Å²) in [5.74, 6) is 0. The highest BCUT2D eigenvalue weighted by molar-refractivity contribution is 7.29. The van der Waals surface area contributed by atoms with Crippen LogP contribution in [0, 0.1) is 0 Å². The fraction of sp³-hybridized carbons (Fsp3) is 0. The molecule has 2 heteroatoms. The maximum absolute atomic E-state index is 2.48. The molecule has 0 atom stereocenters. The standard InChI is InChI=1S/C52H30S2/c1-2-12-31(13-3-1)34-22-23-36-27-37(25-24-35(36)26-34)48-39-17-6-8-19-41(39)49(42-20-9-7-18-40(42)48)50-51-44(38-16-10-11-21-46(38)53-51)30-45-43-28-32-14-4-5-15-33(32)29-47(43)54-52(45)50/h1-30H. The molecule has 0 radical (unpaired) electrons. The van der Waals surface area contributed by atoms with Crippen molar-refractivity contribution in [3.8, 4) is 33.4 Å². The molecule has 12 aromatic rings. The lowest BCUT2D eigenvalue weighted by Crippen LogP contribution is -1.91. The number of rotatable bonds is 3. The molecule has 0 spiro atoms. The molecule has 0 aliphatic rings. The summed E-state index contributed by atoms with van der Waals surface area (Å²) in [6.45, 7) is 0. The Hall–Kier alpha value is -6.32. The summed E-state index contributed by atoms with van der Waals surface area (Å²) in [7, 11) is 0. The fourth-order valence-electron chi connectivity index (χ4n) is 8.92. The molecule has 2 heterocycles. The molecule has 0 saturated carbocycles. The molecule has 250 valence electrons. The Kier molecular flexibility index (Phi) is 6.48. The first-order chi connectivity index (χ1) is 26.8. The van der Waals surface area contributed by atoms with E-state index >= 15 is 0 Å². The van der Waals surface area contributed by atoms with Crippen LogP contribution < -0.4 is 0 Å². The molecule has 0 amide bonds. The van der Waals surface area contributed by atoms with Crippen molar-refractivity contribution in [2.75, 3.05) is 0 Å². The minimum absolute atomic E-state index is 1.24. The highest BCUT2D eigenvalue weighted by Gasteiger charge is 2.24. The first-order valence-electron chi connectivity index (χ1n) is 18.5. The summed E-state index contributed by atoms with van der Waals surface area (Å²) >= 11 is 3.88. The van der Waals surface area contributed by atoms with Gasteiger partial charge in [-0.2, -0.15) is 0 Å². The summed E-state index contributed by atoms with van der Waals surface area (Å²) in [6.07, 6.45) is 0. The van der Waals surface area contributed by atoms with Crippen LogP contribution in [0.25, 0.3) is 117 Å². The molecular formula is C52H30S2. The zero-order valence-corrected chi connectivity index (χ0v) is 30.8. The van der Waals surface area contributed by atoms with Gasteiger partial charge in [0.2, 0.25) is 0 Å². The predicted octanol–water partition coefficient (Wildman–Crippen LogP) is 16.0. The maximum atomic E-state index is 2.48. The van der Waals surface area contributed by atoms with Gasteiger partial charge in [-0.1, -0.05) is 146 Å². The summed E-state index contributed by atoms with van der Waals surface area (Å²) in [5, 5.41) is 15.6. The van der Waals surface area contributed by atoms with Crippen molar-refractivity contribution in [3.63, 3.8) is 0 Å². The Morgan fingerprint density at radius 2 is 0.741 bits per heavy atom. The lowest BCUT2D eigenvalue weighted by molar-refractivity contribution is 1.64. The van der Waals surface area contributed by atoms with Crippen molar-refractivity contribution >= 4 is 106 Å². The van der Waals surface area contributed by atoms with Crippen molar-refractivity contribution in [2.24, 2.45) is 0 Å². The van der Waals surface area contributed by atoms with E-state index in [1.165, 1.54) is 117 Å². The first-order valence-corrected chi connectivity index (χ1v) is 20.1. The minimum atomic E-state index is 1.24. The van der Waals surface area contributed by atoms with Gasteiger partial charge in [-0.05, 0) is 102 Å². The van der Waals surface area contributed by atoms with Crippen LogP contribution in [-0.2, 0) is 0 Å². The second-order valence-corrected chi connectivity index (χ2v) is 16.5. The van der Waals surface area contributed by atoms with Gasteiger partial charge in [0.25, 0.3) is 0 Å². The molecule has 2 aromatic heterocycles. The van der Waals surface area contributed by atoms with Crippen LogP contribution in [0.3, 0.4) is 0 Å². The van der Waals surface area contributed by atoms with Gasteiger partial charge in [0.05, 0.1) is 0 Å². The van der Waals surface area contributed by atoms with Gasteiger partial charge in [-0.15, -0.1) is 22.7 Å². The normalized spacial score (nSPS) is 12.1. The van der Waals surface area contributed by atoms with E-state index < -0.39 is 0 Å². The zero-order chi connectivity index (χ0) is 35.3. The van der Waals surface area contributed by atoms with E-state index in [1.54, 1.807) is 0 Å². The number of hydrogen-bond donors (Lipinski definition) is 0. The molecule has 0 bridgehead atoms. The number of thiophene rings is 2. The van der Waals surface area contributed by atoms with Gasteiger partial charge in [0.1, 0.15) is 0 Å². The molecule has 0 aliphatic carbocycles.